The maximum atomic E-state index is 14.3. The summed E-state index contributed by atoms with van der Waals surface area (Å²) in [5.41, 5.74) is -3.42. The molecule has 10 heteroatoms. The van der Waals surface area contributed by atoms with Gasteiger partial charge in [0, 0.05) is 5.56 Å². The molecule has 0 radical (unpaired) electrons. The third kappa shape index (κ3) is 3.79. The van der Waals surface area contributed by atoms with Crippen molar-refractivity contribution >= 4 is 43.1 Å². The fourth-order valence-electron chi connectivity index (χ4n) is 4.24. The van der Waals surface area contributed by atoms with Crippen molar-refractivity contribution in [3.05, 3.63) is 82.4 Å². The Balaban J connectivity index is 1.63. The fraction of sp³-hybridized carbons (Fsp3) is 0.200. The summed E-state index contributed by atoms with van der Waals surface area (Å²) in [5, 5.41) is 1.42. The Kier molecular flexibility index (Phi) is 5.45. The lowest BCUT2D eigenvalue weighted by Crippen LogP contribution is -2.54. The van der Waals surface area contributed by atoms with E-state index in [-0.39, 0.29) is 0 Å². The maximum absolute atomic E-state index is 14.3. The van der Waals surface area contributed by atoms with Crippen LogP contribution >= 0.6 is 22.7 Å². The van der Waals surface area contributed by atoms with Gasteiger partial charge in [0.25, 0.3) is 0 Å². The standard InChI is InChI=1S/C25H16F6N2S2/c1-13-3-7-16(8-4-13)23(24(26,27)28,25(29,30)31)17-9-5-15(6-10-17)22-33-19-12-20-18(11-21(19)35-22)32-14(2)34-20/h3-12H,1-2H3. The molecule has 0 amide bonds. The molecule has 2 heterocycles. The average molecular weight is 523 g/mol. The van der Waals surface area contributed by atoms with E-state index >= 15 is 0 Å². The summed E-state index contributed by atoms with van der Waals surface area (Å²) in [6.07, 6.45) is -11.2. The summed E-state index contributed by atoms with van der Waals surface area (Å²) < 4.78 is 87.6. The van der Waals surface area contributed by atoms with Crippen molar-refractivity contribution in [3.8, 4) is 10.6 Å². The van der Waals surface area contributed by atoms with Gasteiger partial charge in [-0.2, -0.15) is 26.3 Å². The Morgan fingerprint density at radius 3 is 1.66 bits per heavy atom. The highest BCUT2D eigenvalue weighted by molar-refractivity contribution is 7.22. The number of alkyl halides is 6. The molecular formula is C25H16F6N2S2. The number of fused-ring (bicyclic) bond motifs is 2. The zero-order valence-electron chi connectivity index (χ0n) is 18.3. The number of aromatic nitrogens is 2. The zero-order chi connectivity index (χ0) is 25.2. The molecule has 0 atom stereocenters. The summed E-state index contributed by atoms with van der Waals surface area (Å²) in [4.78, 5) is 9.00. The SMILES string of the molecule is Cc1ccc(C(c2ccc(-c3nc4cc5sc(C)nc5cc4s3)cc2)(C(F)(F)F)C(F)(F)F)cc1. The summed E-state index contributed by atoms with van der Waals surface area (Å²) in [6.45, 7) is 3.50. The Morgan fingerprint density at radius 1 is 0.629 bits per heavy atom. The summed E-state index contributed by atoms with van der Waals surface area (Å²) in [5.74, 6) is 0. The van der Waals surface area contributed by atoms with E-state index in [0.717, 1.165) is 44.2 Å². The minimum absolute atomic E-state index is 0.435. The van der Waals surface area contributed by atoms with Crippen LogP contribution in [-0.2, 0) is 5.41 Å². The van der Waals surface area contributed by atoms with E-state index in [0.29, 0.717) is 21.7 Å². The molecule has 0 fully saturated rings. The van der Waals surface area contributed by atoms with Crippen LogP contribution in [0.15, 0.2) is 60.7 Å². The predicted molar refractivity (Wildman–Crippen MR) is 127 cm³/mol. The molecule has 0 aliphatic heterocycles. The molecule has 2 nitrogen and oxygen atoms in total. The monoisotopic (exact) mass is 522 g/mol. The van der Waals surface area contributed by atoms with E-state index in [1.54, 1.807) is 6.92 Å². The molecule has 2 aromatic heterocycles. The lowest BCUT2D eigenvalue weighted by molar-refractivity contribution is -0.288. The molecule has 5 rings (SSSR count). The second-order valence-electron chi connectivity index (χ2n) is 8.23. The van der Waals surface area contributed by atoms with Crippen LogP contribution in [0.4, 0.5) is 26.3 Å². The van der Waals surface area contributed by atoms with Crippen molar-refractivity contribution in [3.63, 3.8) is 0 Å². The molecule has 0 saturated heterocycles. The summed E-state index contributed by atoms with van der Waals surface area (Å²) in [6, 6.07) is 12.4. The minimum Gasteiger partial charge on any atom is -0.241 e. The fourth-order valence-corrected chi connectivity index (χ4v) is 6.06. The van der Waals surface area contributed by atoms with E-state index in [1.807, 2.05) is 19.1 Å². The van der Waals surface area contributed by atoms with Crippen LogP contribution in [0.2, 0.25) is 0 Å². The number of hydrogen-bond acceptors (Lipinski definition) is 4. The number of aryl methyl sites for hydroxylation is 2. The minimum atomic E-state index is -5.62. The molecule has 0 N–H and O–H groups in total. The van der Waals surface area contributed by atoms with Gasteiger partial charge in [0.15, 0.2) is 0 Å². The highest BCUT2D eigenvalue weighted by Crippen LogP contribution is 2.56. The topological polar surface area (TPSA) is 25.8 Å². The van der Waals surface area contributed by atoms with E-state index in [4.69, 9.17) is 0 Å². The van der Waals surface area contributed by atoms with Crippen LogP contribution in [0.5, 0.6) is 0 Å². The first-order valence-corrected chi connectivity index (χ1v) is 12.0. The van der Waals surface area contributed by atoms with E-state index in [1.165, 1.54) is 46.9 Å². The van der Waals surface area contributed by atoms with Gasteiger partial charge in [-0.25, -0.2) is 9.97 Å². The molecule has 0 spiro atoms. The third-order valence-corrected chi connectivity index (χ3v) is 7.91. The molecule has 0 bridgehead atoms. The highest BCUT2D eigenvalue weighted by Gasteiger charge is 2.72. The van der Waals surface area contributed by atoms with Crippen molar-refractivity contribution in [1.82, 2.24) is 9.97 Å². The first kappa shape index (κ1) is 23.7. The summed E-state index contributed by atoms with van der Waals surface area (Å²) in [7, 11) is 0. The van der Waals surface area contributed by atoms with Crippen molar-refractivity contribution < 1.29 is 26.3 Å². The van der Waals surface area contributed by atoms with Crippen LogP contribution in [0.1, 0.15) is 21.7 Å². The van der Waals surface area contributed by atoms with Gasteiger partial charge >= 0.3 is 12.4 Å². The predicted octanol–water partition coefficient (Wildman–Crippen LogP) is 8.60. The number of thiazole rings is 2. The maximum Gasteiger partial charge on any atom is 0.411 e. The van der Waals surface area contributed by atoms with Crippen LogP contribution in [0.3, 0.4) is 0 Å². The molecule has 5 aromatic rings. The molecule has 180 valence electrons. The summed E-state index contributed by atoms with van der Waals surface area (Å²) >= 11 is 2.83. The molecule has 0 saturated carbocycles. The normalized spacial score (nSPS) is 13.1. The van der Waals surface area contributed by atoms with Crippen molar-refractivity contribution in [2.75, 3.05) is 0 Å². The molecule has 0 aliphatic carbocycles. The van der Waals surface area contributed by atoms with Crippen LogP contribution in [-0.4, -0.2) is 22.3 Å². The number of nitrogens with zero attached hydrogens (tertiary/aromatic N) is 2. The Morgan fingerprint density at radius 2 is 1.11 bits per heavy atom. The van der Waals surface area contributed by atoms with Crippen LogP contribution in [0.25, 0.3) is 31.0 Å². The molecule has 0 aliphatic rings. The van der Waals surface area contributed by atoms with E-state index < -0.39 is 28.9 Å². The lowest BCUT2D eigenvalue weighted by Gasteiger charge is -2.38. The number of benzene rings is 3. The first-order valence-electron chi connectivity index (χ1n) is 10.4. The average Bonchev–Trinajstić information content (AvgIpc) is 3.33. The van der Waals surface area contributed by atoms with Gasteiger partial charge in [-0.1, -0.05) is 54.1 Å². The number of halogens is 6. The van der Waals surface area contributed by atoms with Gasteiger partial charge < -0.3 is 0 Å². The van der Waals surface area contributed by atoms with E-state index in [9.17, 15) is 26.3 Å². The first-order chi connectivity index (χ1) is 16.4. The lowest BCUT2D eigenvalue weighted by atomic mass is 9.72. The smallest absolute Gasteiger partial charge is 0.241 e. The largest absolute Gasteiger partial charge is 0.411 e. The molecule has 35 heavy (non-hydrogen) atoms. The van der Waals surface area contributed by atoms with Gasteiger partial charge in [0.05, 0.1) is 25.4 Å². The second kappa shape index (κ2) is 8.03. The van der Waals surface area contributed by atoms with Crippen LogP contribution < -0.4 is 0 Å². The van der Waals surface area contributed by atoms with Gasteiger partial charge in [0.2, 0.25) is 5.41 Å². The Bertz CT molecular complexity index is 1460. The molecular weight excluding hydrogens is 506 g/mol. The third-order valence-electron chi connectivity index (χ3n) is 5.90. The van der Waals surface area contributed by atoms with Crippen molar-refractivity contribution in [2.24, 2.45) is 0 Å². The number of hydrogen-bond donors (Lipinski definition) is 0. The highest BCUT2D eigenvalue weighted by atomic mass is 32.1. The van der Waals surface area contributed by atoms with Gasteiger partial charge in [-0.15, -0.1) is 22.7 Å². The van der Waals surface area contributed by atoms with Crippen LogP contribution in [0, 0.1) is 13.8 Å². The van der Waals surface area contributed by atoms with Crippen molar-refractivity contribution in [2.45, 2.75) is 31.6 Å². The van der Waals surface area contributed by atoms with Gasteiger partial charge in [-0.05, 0) is 37.1 Å². The van der Waals surface area contributed by atoms with Gasteiger partial charge in [-0.3, -0.25) is 0 Å². The zero-order valence-corrected chi connectivity index (χ0v) is 19.9. The van der Waals surface area contributed by atoms with E-state index in [2.05, 4.69) is 9.97 Å². The molecule has 0 unspecified atom stereocenters. The Labute approximate surface area is 203 Å². The van der Waals surface area contributed by atoms with Crippen molar-refractivity contribution in [1.29, 1.82) is 0 Å². The number of rotatable bonds is 3. The quantitative estimate of drug-likeness (QED) is 0.222. The second-order valence-corrected chi connectivity index (χ2v) is 10.5. The molecule has 3 aromatic carbocycles. The Hall–Kier alpha value is -2.98. The van der Waals surface area contributed by atoms with Gasteiger partial charge in [0.1, 0.15) is 5.01 Å².